The first-order chi connectivity index (χ1) is 13.8. The number of anilines is 1. The van der Waals surface area contributed by atoms with E-state index < -0.39 is 0 Å². The van der Waals surface area contributed by atoms with Crippen LogP contribution < -0.4 is 10.1 Å². The Kier molecular flexibility index (Phi) is 6.64. The summed E-state index contributed by atoms with van der Waals surface area (Å²) < 4.78 is 5.71. The Bertz CT molecular complexity index is 918. The third-order valence-corrected chi connectivity index (χ3v) is 6.86. The summed E-state index contributed by atoms with van der Waals surface area (Å²) in [6, 6.07) is 9.56. The predicted molar refractivity (Wildman–Crippen MR) is 119 cm³/mol. The number of amides is 1. The van der Waals surface area contributed by atoms with Gasteiger partial charge < -0.3 is 10.1 Å². The van der Waals surface area contributed by atoms with Crippen molar-refractivity contribution in [1.82, 2.24) is 0 Å². The fourth-order valence-electron chi connectivity index (χ4n) is 3.77. The van der Waals surface area contributed by atoms with E-state index in [2.05, 4.69) is 39.1 Å². The summed E-state index contributed by atoms with van der Waals surface area (Å²) in [4.78, 5) is 14.1. The fourth-order valence-corrected chi connectivity index (χ4v) is 5.04. The Morgan fingerprint density at radius 3 is 2.86 bits per heavy atom. The van der Waals surface area contributed by atoms with Crippen LogP contribution in [0.25, 0.3) is 0 Å². The molecule has 1 aliphatic carbocycles. The summed E-state index contributed by atoms with van der Waals surface area (Å²) in [5.74, 6) is 1.10. The molecule has 0 unspecified atom stereocenters. The Balaban J connectivity index is 1.77. The van der Waals surface area contributed by atoms with Crippen LogP contribution in [0.15, 0.2) is 24.3 Å². The van der Waals surface area contributed by atoms with Gasteiger partial charge in [0.1, 0.15) is 16.8 Å². The normalized spacial score (nSPS) is 16.0. The standard InChI is InChI=1S/C24H30N2O2S/c1-5-6-12-28-18-9-7-8-16(13-18)22(27)26-23-20(15-25)19-11-10-17(24(2,3)4)14-21(19)29-23/h7-9,13,17H,5-6,10-12,14H2,1-4H3,(H,26,27)/t17-/m0/s1. The molecule has 0 bridgehead atoms. The number of thiophene rings is 1. The van der Waals surface area contributed by atoms with Crippen molar-refractivity contribution in [3.63, 3.8) is 0 Å². The average molecular weight is 411 g/mol. The van der Waals surface area contributed by atoms with Crippen LogP contribution >= 0.6 is 11.3 Å². The maximum absolute atomic E-state index is 12.8. The summed E-state index contributed by atoms with van der Waals surface area (Å²) >= 11 is 1.56. The minimum Gasteiger partial charge on any atom is -0.494 e. The molecule has 1 aliphatic rings. The largest absolute Gasteiger partial charge is 0.494 e. The molecule has 154 valence electrons. The first-order valence-corrected chi connectivity index (χ1v) is 11.2. The second-order valence-electron chi connectivity index (χ2n) is 8.81. The molecule has 29 heavy (non-hydrogen) atoms. The summed E-state index contributed by atoms with van der Waals surface area (Å²) in [7, 11) is 0. The quantitative estimate of drug-likeness (QED) is 0.577. The van der Waals surface area contributed by atoms with Crippen molar-refractivity contribution in [2.45, 2.75) is 59.8 Å². The molecule has 1 heterocycles. The zero-order valence-corrected chi connectivity index (χ0v) is 18.6. The van der Waals surface area contributed by atoms with E-state index in [0.717, 1.165) is 37.7 Å². The Hall–Kier alpha value is -2.32. The monoisotopic (exact) mass is 410 g/mol. The van der Waals surface area contributed by atoms with Crippen LogP contribution in [-0.2, 0) is 12.8 Å². The Morgan fingerprint density at radius 2 is 2.17 bits per heavy atom. The molecule has 1 atom stereocenters. The highest BCUT2D eigenvalue weighted by Gasteiger charge is 2.32. The molecule has 0 saturated carbocycles. The number of fused-ring (bicyclic) bond motifs is 1. The van der Waals surface area contributed by atoms with Gasteiger partial charge in [-0.25, -0.2) is 0 Å². The van der Waals surface area contributed by atoms with Gasteiger partial charge in [0.2, 0.25) is 0 Å². The van der Waals surface area contributed by atoms with E-state index in [9.17, 15) is 10.1 Å². The van der Waals surface area contributed by atoms with Crippen molar-refractivity contribution in [1.29, 1.82) is 5.26 Å². The fraction of sp³-hybridized carbons (Fsp3) is 0.500. The van der Waals surface area contributed by atoms with Gasteiger partial charge in [0, 0.05) is 10.4 Å². The molecule has 5 heteroatoms. The van der Waals surface area contributed by atoms with E-state index in [1.807, 2.05) is 12.1 Å². The zero-order valence-electron chi connectivity index (χ0n) is 17.8. The third-order valence-electron chi connectivity index (χ3n) is 5.69. The zero-order chi connectivity index (χ0) is 21.0. The van der Waals surface area contributed by atoms with Gasteiger partial charge in [-0.1, -0.05) is 40.2 Å². The summed E-state index contributed by atoms with van der Waals surface area (Å²) in [5.41, 5.74) is 2.56. The number of nitriles is 1. The number of unbranched alkanes of at least 4 members (excludes halogenated alkanes) is 1. The topological polar surface area (TPSA) is 62.1 Å². The molecule has 1 aromatic carbocycles. The molecular formula is C24H30N2O2S. The molecular weight excluding hydrogens is 380 g/mol. The molecule has 4 nitrogen and oxygen atoms in total. The van der Waals surface area contributed by atoms with E-state index >= 15 is 0 Å². The lowest BCUT2D eigenvalue weighted by molar-refractivity contribution is 0.102. The SMILES string of the molecule is CCCCOc1cccc(C(=O)Nc2sc3c(c2C#N)CC[C@H](C(C)(C)C)C3)c1. The molecule has 1 aromatic heterocycles. The number of nitrogens with zero attached hydrogens (tertiary/aromatic N) is 1. The maximum atomic E-state index is 12.8. The number of benzene rings is 1. The lowest BCUT2D eigenvalue weighted by atomic mass is 9.72. The molecule has 1 amide bonds. The van der Waals surface area contributed by atoms with Gasteiger partial charge in [-0.2, -0.15) is 5.26 Å². The van der Waals surface area contributed by atoms with Crippen LogP contribution in [-0.4, -0.2) is 12.5 Å². The van der Waals surface area contributed by atoms with Gasteiger partial charge >= 0.3 is 0 Å². The van der Waals surface area contributed by atoms with Gasteiger partial charge in [-0.3, -0.25) is 4.79 Å². The lowest BCUT2D eigenvalue weighted by Crippen LogP contribution is -2.26. The molecule has 1 N–H and O–H groups in total. The number of hydrogen-bond acceptors (Lipinski definition) is 4. The van der Waals surface area contributed by atoms with Crippen LogP contribution in [0.3, 0.4) is 0 Å². The highest BCUT2D eigenvalue weighted by atomic mass is 32.1. The predicted octanol–water partition coefficient (Wildman–Crippen LogP) is 6.20. The second-order valence-corrected chi connectivity index (χ2v) is 9.91. The van der Waals surface area contributed by atoms with Crippen molar-refractivity contribution in [2.75, 3.05) is 11.9 Å². The van der Waals surface area contributed by atoms with E-state index in [4.69, 9.17) is 4.74 Å². The van der Waals surface area contributed by atoms with E-state index in [1.165, 1.54) is 4.88 Å². The van der Waals surface area contributed by atoms with E-state index in [0.29, 0.717) is 34.4 Å². The Labute approximate surface area is 177 Å². The van der Waals surface area contributed by atoms with Crippen LogP contribution in [0.4, 0.5) is 5.00 Å². The van der Waals surface area contributed by atoms with Crippen LogP contribution in [0.5, 0.6) is 5.75 Å². The smallest absolute Gasteiger partial charge is 0.256 e. The van der Waals surface area contributed by atoms with Crippen molar-refractivity contribution in [3.8, 4) is 11.8 Å². The number of carbonyl (C=O) groups is 1. The minimum absolute atomic E-state index is 0.201. The first kappa shape index (κ1) is 21.4. The number of carbonyl (C=O) groups excluding carboxylic acids is 1. The number of nitrogens with one attached hydrogen (secondary N) is 1. The third kappa shape index (κ3) is 5.00. The van der Waals surface area contributed by atoms with Crippen molar-refractivity contribution in [2.24, 2.45) is 11.3 Å². The van der Waals surface area contributed by atoms with Gasteiger partial charge in [0.05, 0.1) is 12.2 Å². The highest BCUT2D eigenvalue weighted by molar-refractivity contribution is 7.16. The van der Waals surface area contributed by atoms with Crippen molar-refractivity contribution >= 4 is 22.2 Å². The van der Waals surface area contributed by atoms with Crippen LogP contribution in [0.1, 0.15) is 73.3 Å². The van der Waals surface area contributed by atoms with Crippen molar-refractivity contribution < 1.29 is 9.53 Å². The van der Waals surface area contributed by atoms with E-state index in [1.54, 1.807) is 23.5 Å². The number of hydrogen-bond donors (Lipinski definition) is 1. The van der Waals surface area contributed by atoms with Gasteiger partial charge in [-0.15, -0.1) is 11.3 Å². The summed E-state index contributed by atoms with van der Waals surface area (Å²) in [6.45, 7) is 9.59. The average Bonchev–Trinajstić information content (AvgIpc) is 3.03. The molecule has 0 aliphatic heterocycles. The summed E-state index contributed by atoms with van der Waals surface area (Å²) in [5, 5.41) is 13.4. The molecule has 0 fully saturated rings. The second kappa shape index (κ2) is 9.00. The first-order valence-electron chi connectivity index (χ1n) is 10.4. The maximum Gasteiger partial charge on any atom is 0.256 e. The molecule has 2 aromatic rings. The summed E-state index contributed by atoms with van der Waals surface area (Å²) in [6.07, 6.45) is 5.03. The van der Waals surface area contributed by atoms with Crippen molar-refractivity contribution in [3.05, 3.63) is 45.8 Å². The molecule has 0 spiro atoms. The van der Waals surface area contributed by atoms with Gasteiger partial charge in [0.25, 0.3) is 5.91 Å². The van der Waals surface area contributed by atoms with Gasteiger partial charge in [0.15, 0.2) is 0 Å². The minimum atomic E-state index is -0.201. The van der Waals surface area contributed by atoms with Crippen LogP contribution in [0.2, 0.25) is 0 Å². The number of ether oxygens (including phenoxy) is 1. The van der Waals surface area contributed by atoms with E-state index in [-0.39, 0.29) is 11.3 Å². The Morgan fingerprint density at radius 1 is 1.38 bits per heavy atom. The molecule has 0 radical (unpaired) electrons. The number of rotatable bonds is 6. The van der Waals surface area contributed by atoms with Gasteiger partial charge in [-0.05, 0) is 60.8 Å². The molecule has 3 rings (SSSR count). The molecule has 0 saturated heterocycles. The highest BCUT2D eigenvalue weighted by Crippen LogP contribution is 2.44. The lowest BCUT2D eigenvalue weighted by Gasteiger charge is -2.33. The van der Waals surface area contributed by atoms with Crippen LogP contribution in [0, 0.1) is 22.7 Å².